The minimum absolute atomic E-state index is 0.0232. The van der Waals surface area contributed by atoms with Crippen LogP contribution in [-0.4, -0.2) is 33.4 Å². The van der Waals surface area contributed by atoms with Crippen LogP contribution in [0.5, 0.6) is 5.75 Å². The second-order valence-corrected chi connectivity index (χ2v) is 8.35. The van der Waals surface area contributed by atoms with Crippen LogP contribution in [0.2, 0.25) is 0 Å². The molecule has 1 aliphatic rings. The number of hydrogen-bond donors (Lipinski definition) is 2. The smallest absolute Gasteiger partial charge is 0.264 e. The van der Waals surface area contributed by atoms with Crippen molar-refractivity contribution in [2.24, 2.45) is 0 Å². The lowest BCUT2D eigenvalue weighted by Crippen LogP contribution is -2.31. The summed E-state index contributed by atoms with van der Waals surface area (Å²) in [5, 5.41) is 5.17. The molecule has 2 aromatic rings. The number of nitrogens with one attached hydrogen (secondary N) is 2. The lowest BCUT2D eigenvalue weighted by molar-refractivity contribution is -0.123. The summed E-state index contributed by atoms with van der Waals surface area (Å²) in [6.07, 6.45) is 0.301. The number of anilines is 3. The summed E-state index contributed by atoms with van der Waals surface area (Å²) in [5.74, 6) is -0.278. The van der Waals surface area contributed by atoms with Gasteiger partial charge in [-0.05, 0) is 55.8 Å². The van der Waals surface area contributed by atoms with Crippen molar-refractivity contribution in [3.8, 4) is 5.75 Å². The van der Waals surface area contributed by atoms with Gasteiger partial charge in [0.1, 0.15) is 12.2 Å². The van der Waals surface area contributed by atoms with Crippen LogP contribution >= 0.6 is 0 Å². The largest absolute Gasteiger partial charge is 0.494 e. The first-order valence-corrected chi connectivity index (χ1v) is 10.8. The molecule has 0 spiro atoms. The van der Waals surface area contributed by atoms with E-state index in [0.717, 1.165) is 0 Å². The molecule has 2 amide bonds. The lowest BCUT2D eigenvalue weighted by atomic mass is 10.2. The topological polar surface area (TPSA) is 105 Å². The number of carbonyl (C=O) groups excluding carboxylic acids is 2. The highest BCUT2D eigenvalue weighted by Crippen LogP contribution is 2.31. The fraction of sp³-hybridized carbons (Fsp3) is 0.300. The van der Waals surface area contributed by atoms with Crippen LogP contribution in [0.25, 0.3) is 0 Å². The van der Waals surface area contributed by atoms with E-state index in [1.807, 2.05) is 13.8 Å². The number of amides is 2. The molecule has 0 radical (unpaired) electrons. The standard InChI is InChI=1S/C20H23N3O5S/c1-3-11-23(14-5-7-15(8-6-14)28-4-2)29(26,27)16-9-10-17-18(12-16)22-20(25)13-19(24)21-17/h5-10,12H,3-4,11,13H2,1-2H3,(H,21,24)(H,22,25). The summed E-state index contributed by atoms with van der Waals surface area (Å²) in [4.78, 5) is 23.5. The van der Waals surface area contributed by atoms with Gasteiger partial charge in [-0.15, -0.1) is 0 Å². The minimum atomic E-state index is -3.89. The van der Waals surface area contributed by atoms with Crippen molar-refractivity contribution in [3.05, 3.63) is 42.5 Å². The molecule has 0 aromatic heterocycles. The van der Waals surface area contributed by atoms with E-state index in [1.165, 1.54) is 22.5 Å². The van der Waals surface area contributed by atoms with Gasteiger partial charge in [-0.3, -0.25) is 13.9 Å². The van der Waals surface area contributed by atoms with Gasteiger partial charge in [0.15, 0.2) is 0 Å². The number of ether oxygens (including phenoxy) is 1. The first-order chi connectivity index (χ1) is 13.8. The summed E-state index contributed by atoms with van der Waals surface area (Å²) < 4.78 is 33.4. The van der Waals surface area contributed by atoms with E-state index in [2.05, 4.69) is 10.6 Å². The van der Waals surface area contributed by atoms with Crippen LogP contribution in [0.15, 0.2) is 47.4 Å². The van der Waals surface area contributed by atoms with E-state index in [-0.39, 0.29) is 23.5 Å². The fourth-order valence-corrected chi connectivity index (χ4v) is 4.61. The molecular formula is C20H23N3O5S. The van der Waals surface area contributed by atoms with Crippen molar-refractivity contribution in [1.29, 1.82) is 0 Å². The van der Waals surface area contributed by atoms with E-state index < -0.39 is 21.8 Å². The Morgan fingerprint density at radius 2 is 1.62 bits per heavy atom. The maximum absolute atomic E-state index is 13.3. The summed E-state index contributed by atoms with van der Waals surface area (Å²) in [5.41, 5.74) is 1.13. The summed E-state index contributed by atoms with van der Waals surface area (Å²) in [6.45, 7) is 4.58. The quantitative estimate of drug-likeness (QED) is 0.674. The zero-order valence-electron chi connectivity index (χ0n) is 16.3. The van der Waals surface area contributed by atoms with Crippen LogP contribution in [0.4, 0.5) is 17.1 Å². The number of carbonyl (C=O) groups is 2. The number of fused-ring (bicyclic) bond motifs is 1. The minimum Gasteiger partial charge on any atom is -0.494 e. The predicted octanol–water partition coefficient (Wildman–Crippen LogP) is 2.97. The van der Waals surface area contributed by atoms with E-state index in [1.54, 1.807) is 24.3 Å². The second-order valence-electron chi connectivity index (χ2n) is 6.48. The highest BCUT2D eigenvalue weighted by atomic mass is 32.2. The zero-order chi connectivity index (χ0) is 21.0. The van der Waals surface area contributed by atoms with Crippen molar-refractivity contribution in [1.82, 2.24) is 0 Å². The van der Waals surface area contributed by atoms with Gasteiger partial charge in [0, 0.05) is 6.54 Å². The van der Waals surface area contributed by atoms with Crippen molar-refractivity contribution in [2.75, 3.05) is 28.1 Å². The molecule has 3 rings (SSSR count). The van der Waals surface area contributed by atoms with Crippen molar-refractivity contribution < 1.29 is 22.7 Å². The Labute approximate surface area is 169 Å². The number of nitrogens with zero attached hydrogens (tertiary/aromatic N) is 1. The normalized spacial score (nSPS) is 13.7. The van der Waals surface area contributed by atoms with Crippen molar-refractivity contribution >= 4 is 38.9 Å². The summed E-state index contributed by atoms with van der Waals surface area (Å²) in [6, 6.07) is 11.1. The number of hydrogen-bond acceptors (Lipinski definition) is 5. The van der Waals surface area contributed by atoms with E-state index in [0.29, 0.717) is 30.2 Å². The maximum Gasteiger partial charge on any atom is 0.264 e. The lowest BCUT2D eigenvalue weighted by Gasteiger charge is -2.24. The van der Waals surface area contributed by atoms with Crippen LogP contribution < -0.4 is 19.7 Å². The van der Waals surface area contributed by atoms with Gasteiger partial charge in [-0.1, -0.05) is 6.92 Å². The average Bonchev–Trinajstić information content (AvgIpc) is 2.82. The van der Waals surface area contributed by atoms with Gasteiger partial charge >= 0.3 is 0 Å². The third-order valence-corrected chi connectivity index (χ3v) is 6.13. The Balaban J connectivity index is 1.98. The molecule has 29 heavy (non-hydrogen) atoms. The summed E-state index contributed by atoms with van der Waals surface area (Å²) >= 11 is 0. The molecule has 0 bridgehead atoms. The molecule has 0 atom stereocenters. The number of sulfonamides is 1. The molecule has 8 nitrogen and oxygen atoms in total. The molecule has 2 aromatic carbocycles. The van der Waals surface area contributed by atoms with Gasteiger partial charge in [-0.25, -0.2) is 8.42 Å². The SMILES string of the molecule is CCCN(c1ccc(OCC)cc1)S(=O)(=O)c1ccc2c(c1)NC(=O)CC(=O)N2. The Kier molecular flexibility index (Phi) is 6.07. The fourth-order valence-electron chi connectivity index (χ4n) is 3.02. The Morgan fingerprint density at radius 3 is 2.24 bits per heavy atom. The first kappa shape index (κ1) is 20.7. The second kappa shape index (κ2) is 8.52. The number of benzene rings is 2. The molecule has 0 unspecified atom stereocenters. The molecule has 0 saturated carbocycles. The van der Waals surface area contributed by atoms with Crippen LogP contribution in [0, 0.1) is 0 Å². The van der Waals surface area contributed by atoms with Gasteiger partial charge < -0.3 is 15.4 Å². The van der Waals surface area contributed by atoms with Crippen LogP contribution in [-0.2, 0) is 19.6 Å². The van der Waals surface area contributed by atoms with Crippen molar-refractivity contribution in [3.63, 3.8) is 0 Å². The van der Waals surface area contributed by atoms with Crippen LogP contribution in [0.3, 0.4) is 0 Å². The molecule has 0 saturated heterocycles. The third kappa shape index (κ3) is 4.51. The van der Waals surface area contributed by atoms with Crippen LogP contribution in [0.1, 0.15) is 26.7 Å². The zero-order valence-corrected chi connectivity index (χ0v) is 17.1. The molecule has 0 fully saturated rings. The Morgan fingerprint density at radius 1 is 0.966 bits per heavy atom. The van der Waals surface area contributed by atoms with Gasteiger partial charge in [-0.2, -0.15) is 0 Å². The Bertz CT molecular complexity index is 1020. The molecule has 1 aliphatic heterocycles. The molecular weight excluding hydrogens is 394 g/mol. The van der Waals surface area contributed by atoms with E-state index >= 15 is 0 Å². The van der Waals surface area contributed by atoms with Crippen molar-refractivity contribution in [2.45, 2.75) is 31.6 Å². The first-order valence-electron chi connectivity index (χ1n) is 9.34. The van der Waals surface area contributed by atoms with Gasteiger partial charge in [0.05, 0.1) is 28.6 Å². The molecule has 154 valence electrons. The summed E-state index contributed by atoms with van der Waals surface area (Å²) in [7, 11) is -3.89. The molecule has 1 heterocycles. The maximum atomic E-state index is 13.3. The Hall–Kier alpha value is -3.07. The van der Waals surface area contributed by atoms with E-state index in [4.69, 9.17) is 4.74 Å². The monoisotopic (exact) mass is 417 g/mol. The highest BCUT2D eigenvalue weighted by Gasteiger charge is 2.27. The average molecular weight is 417 g/mol. The molecule has 0 aliphatic carbocycles. The molecule has 9 heteroatoms. The van der Waals surface area contributed by atoms with E-state index in [9.17, 15) is 18.0 Å². The van der Waals surface area contributed by atoms with Gasteiger partial charge in [0.25, 0.3) is 10.0 Å². The molecule has 2 N–H and O–H groups in total. The number of rotatable bonds is 7. The van der Waals surface area contributed by atoms with Gasteiger partial charge in [0.2, 0.25) is 11.8 Å². The third-order valence-electron chi connectivity index (χ3n) is 4.31. The highest BCUT2D eigenvalue weighted by molar-refractivity contribution is 7.92. The predicted molar refractivity (Wildman–Crippen MR) is 111 cm³/mol.